The fourth-order valence-corrected chi connectivity index (χ4v) is 6.49. The summed E-state index contributed by atoms with van der Waals surface area (Å²) in [7, 11) is 0. The molecule has 0 saturated heterocycles. The lowest BCUT2D eigenvalue weighted by Gasteiger charge is -2.37. The number of fused-ring (bicyclic) bond motifs is 4. The van der Waals surface area contributed by atoms with Crippen LogP contribution >= 0.6 is 11.6 Å². The molecule has 41 heavy (non-hydrogen) atoms. The molecule has 0 unspecified atom stereocenters. The van der Waals surface area contributed by atoms with E-state index in [9.17, 15) is 0 Å². The number of nitrogens with zero attached hydrogens (tertiary/aromatic N) is 1. The van der Waals surface area contributed by atoms with Gasteiger partial charge in [0.1, 0.15) is 12.4 Å². The molecule has 4 heteroatoms. The van der Waals surface area contributed by atoms with E-state index >= 15 is 0 Å². The van der Waals surface area contributed by atoms with Gasteiger partial charge in [-0.2, -0.15) is 0 Å². The third-order valence-corrected chi connectivity index (χ3v) is 8.65. The molecule has 0 fully saturated rings. The molecule has 0 spiro atoms. The van der Waals surface area contributed by atoms with Crippen molar-refractivity contribution in [3.8, 4) is 5.75 Å². The number of anilines is 1. The predicted octanol–water partition coefficient (Wildman–Crippen LogP) is 9.96. The van der Waals surface area contributed by atoms with E-state index in [1.165, 1.54) is 33.2 Å². The number of hydrogen-bond acceptors (Lipinski definition) is 3. The van der Waals surface area contributed by atoms with Gasteiger partial charge >= 0.3 is 0 Å². The van der Waals surface area contributed by atoms with Crippen molar-refractivity contribution in [3.05, 3.63) is 148 Å². The second-order valence-electron chi connectivity index (χ2n) is 11.0. The van der Waals surface area contributed by atoms with E-state index in [0.717, 1.165) is 23.2 Å². The standard InChI is InChI=1S/C37H31ClN2O/c1-24-12-18-35-33(20-24)31-10-5-11-32(31)37(40-35)27-14-16-29(17-15-27)39-22-25-13-19-36(34(38)21-25)41-23-28-8-4-7-26-6-2-3-9-30(26)28/h2-10,12-22,31-32,37,40H,11,23H2,1H3/t31-,32+,37+/m1/s1. The first-order valence-electron chi connectivity index (χ1n) is 14.2. The highest BCUT2D eigenvalue weighted by atomic mass is 35.5. The molecule has 202 valence electrons. The minimum atomic E-state index is 0.281. The molecule has 0 aromatic heterocycles. The van der Waals surface area contributed by atoms with Crippen molar-refractivity contribution in [2.45, 2.75) is 31.9 Å². The van der Waals surface area contributed by atoms with Crippen LogP contribution in [0.3, 0.4) is 0 Å². The number of nitrogens with one attached hydrogen (secondary N) is 1. The van der Waals surface area contributed by atoms with Crippen LogP contribution in [0.15, 0.2) is 120 Å². The summed E-state index contributed by atoms with van der Waals surface area (Å²) in [5.41, 5.74) is 8.25. The van der Waals surface area contributed by atoms with Crippen molar-refractivity contribution in [1.29, 1.82) is 0 Å². The maximum Gasteiger partial charge on any atom is 0.138 e. The zero-order valence-electron chi connectivity index (χ0n) is 22.9. The molecule has 3 atom stereocenters. The second kappa shape index (κ2) is 10.9. The lowest BCUT2D eigenvalue weighted by molar-refractivity contribution is 0.308. The number of aliphatic imine (C=N–C) groups is 1. The molecule has 3 nitrogen and oxygen atoms in total. The van der Waals surface area contributed by atoms with E-state index in [2.05, 4.69) is 109 Å². The molecule has 0 bridgehead atoms. The average molecular weight is 555 g/mol. The molecule has 5 aromatic carbocycles. The first-order chi connectivity index (χ1) is 20.1. The number of hydrogen-bond donors (Lipinski definition) is 1. The van der Waals surface area contributed by atoms with E-state index in [-0.39, 0.29) is 6.04 Å². The predicted molar refractivity (Wildman–Crippen MR) is 171 cm³/mol. The Balaban J connectivity index is 1.03. The maximum absolute atomic E-state index is 6.59. The van der Waals surface area contributed by atoms with Gasteiger partial charge in [-0.25, -0.2) is 0 Å². The topological polar surface area (TPSA) is 33.6 Å². The fourth-order valence-electron chi connectivity index (χ4n) is 6.25. The van der Waals surface area contributed by atoms with Gasteiger partial charge in [0.2, 0.25) is 0 Å². The van der Waals surface area contributed by atoms with Crippen LogP contribution in [-0.2, 0) is 6.61 Å². The highest BCUT2D eigenvalue weighted by Crippen LogP contribution is 2.50. The summed E-state index contributed by atoms with van der Waals surface area (Å²) in [6, 6.07) is 36.0. The summed E-state index contributed by atoms with van der Waals surface area (Å²) in [5, 5.41) is 6.79. The van der Waals surface area contributed by atoms with Crippen LogP contribution in [0.5, 0.6) is 5.75 Å². The average Bonchev–Trinajstić information content (AvgIpc) is 3.50. The second-order valence-corrected chi connectivity index (χ2v) is 11.4. The Kier molecular flexibility index (Phi) is 6.82. The molecule has 5 aromatic rings. The number of ether oxygens (including phenoxy) is 1. The van der Waals surface area contributed by atoms with Crippen molar-refractivity contribution in [2.24, 2.45) is 10.9 Å². The Morgan fingerprint density at radius 2 is 1.78 bits per heavy atom. The first-order valence-corrected chi connectivity index (χ1v) is 14.6. The first kappa shape index (κ1) is 25.6. The summed E-state index contributed by atoms with van der Waals surface area (Å²) in [6.07, 6.45) is 7.67. The number of benzene rings is 5. The molecule has 7 rings (SSSR count). The summed E-state index contributed by atoms with van der Waals surface area (Å²) < 4.78 is 6.09. The third-order valence-electron chi connectivity index (χ3n) is 8.35. The maximum atomic E-state index is 6.59. The van der Waals surface area contributed by atoms with Crippen molar-refractivity contribution in [2.75, 3.05) is 5.32 Å². The molecule has 1 heterocycles. The Morgan fingerprint density at radius 3 is 2.66 bits per heavy atom. The van der Waals surface area contributed by atoms with E-state index in [0.29, 0.717) is 29.2 Å². The Labute approximate surface area is 246 Å². The van der Waals surface area contributed by atoms with Crippen LogP contribution in [0.1, 0.15) is 46.2 Å². The van der Waals surface area contributed by atoms with Crippen molar-refractivity contribution >= 4 is 40.0 Å². The summed E-state index contributed by atoms with van der Waals surface area (Å²) in [6.45, 7) is 2.63. The van der Waals surface area contributed by atoms with Gasteiger partial charge in [-0.15, -0.1) is 0 Å². The van der Waals surface area contributed by atoms with Crippen LogP contribution < -0.4 is 10.1 Å². The third kappa shape index (κ3) is 5.14. The van der Waals surface area contributed by atoms with Crippen molar-refractivity contribution in [3.63, 3.8) is 0 Å². The molecular weight excluding hydrogens is 524 g/mol. The summed E-state index contributed by atoms with van der Waals surface area (Å²) in [4.78, 5) is 4.72. The number of allylic oxidation sites excluding steroid dienone is 2. The summed E-state index contributed by atoms with van der Waals surface area (Å²) in [5.74, 6) is 1.66. The fraction of sp³-hybridized carbons (Fsp3) is 0.162. The molecule has 2 aliphatic rings. The van der Waals surface area contributed by atoms with Crippen LogP contribution in [0, 0.1) is 12.8 Å². The molecule has 0 amide bonds. The molecule has 1 N–H and O–H groups in total. The van der Waals surface area contributed by atoms with Gasteiger partial charge in [0.25, 0.3) is 0 Å². The van der Waals surface area contributed by atoms with Crippen LogP contribution in [0.4, 0.5) is 11.4 Å². The van der Waals surface area contributed by atoms with E-state index in [4.69, 9.17) is 21.3 Å². The Morgan fingerprint density at radius 1 is 0.927 bits per heavy atom. The highest BCUT2D eigenvalue weighted by molar-refractivity contribution is 6.32. The Bertz CT molecular complexity index is 1780. The molecule has 1 aliphatic carbocycles. The molecule has 1 aliphatic heterocycles. The zero-order chi connectivity index (χ0) is 27.8. The van der Waals surface area contributed by atoms with Crippen LogP contribution in [0.25, 0.3) is 10.8 Å². The summed E-state index contributed by atoms with van der Waals surface area (Å²) >= 11 is 6.59. The van der Waals surface area contributed by atoms with Gasteiger partial charge in [0.05, 0.1) is 16.8 Å². The highest BCUT2D eigenvalue weighted by Gasteiger charge is 2.37. The van der Waals surface area contributed by atoms with Gasteiger partial charge in [0.15, 0.2) is 0 Å². The van der Waals surface area contributed by atoms with E-state index in [1.54, 1.807) is 0 Å². The van der Waals surface area contributed by atoms with Gasteiger partial charge in [-0.3, -0.25) is 4.99 Å². The normalized spacial score (nSPS) is 19.2. The number of halogens is 1. The minimum absolute atomic E-state index is 0.281. The lowest BCUT2D eigenvalue weighted by Crippen LogP contribution is -2.29. The molecular formula is C37H31ClN2O. The van der Waals surface area contributed by atoms with Crippen molar-refractivity contribution < 1.29 is 4.74 Å². The molecule has 0 saturated carbocycles. The largest absolute Gasteiger partial charge is 0.487 e. The number of rotatable bonds is 6. The molecule has 0 radical (unpaired) electrons. The lowest BCUT2D eigenvalue weighted by atomic mass is 9.76. The van der Waals surface area contributed by atoms with Crippen molar-refractivity contribution in [1.82, 2.24) is 0 Å². The van der Waals surface area contributed by atoms with Gasteiger partial charge in [0, 0.05) is 17.8 Å². The van der Waals surface area contributed by atoms with Crippen LogP contribution in [-0.4, -0.2) is 6.21 Å². The quantitative estimate of drug-likeness (QED) is 0.167. The van der Waals surface area contributed by atoms with Crippen LogP contribution in [0.2, 0.25) is 5.02 Å². The van der Waals surface area contributed by atoms with E-state index in [1.807, 2.05) is 24.4 Å². The van der Waals surface area contributed by atoms with Gasteiger partial charge in [-0.1, -0.05) is 96.0 Å². The van der Waals surface area contributed by atoms with E-state index < -0.39 is 0 Å². The number of aryl methyl sites for hydroxylation is 1. The smallest absolute Gasteiger partial charge is 0.138 e. The van der Waals surface area contributed by atoms with Gasteiger partial charge < -0.3 is 10.1 Å². The van der Waals surface area contributed by atoms with Gasteiger partial charge in [-0.05, 0) is 88.7 Å². The zero-order valence-corrected chi connectivity index (χ0v) is 23.7. The Hall–Kier alpha value is -4.34. The monoisotopic (exact) mass is 554 g/mol. The SMILES string of the molecule is Cc1ccc2c(c1)[C@@H]1C=CC[C@@H]1[C@H](c1ccc(N=Cc3ccc(OCc4cccc5ccccc45)c(Cl)c3)cc1)N2. The minimum Gasteiger partial charge on any atom is -0.487 e.